The molecule has 1 aliphatic heterocycles. The molecule has 1 heterocycles. The zero-order valence-corrected chi connectivity index (χ0v) is 21.5. The Bertz CT molecular complexity index is 1390. The molecule has 0 aliphatic carbocycles. The van der Waals surface area contributed by atoms with Crippen LogP contribution >= 0.6 is 0 Å². The summed E-state index contributed by atoms with van der Waals surface area (Å²) >= 11 is 0. The summed E-state index contributed by atoms with van der Waals surface area (Å²) in [4.78, 5) is 28.2. The van der Waals surface area contributed by atoms with Gasteiger partial charge in [0.25, 0.3) is 11.7 Å². The zero-order valence-electron chi connectivity index (χ0n) is 21.5. The van der Waals surface area contributed by atoms with Crippen LogP contribution in [0.15, 0.2) is 78.4 Å². The van der Waals surface area contributed by atoms with Crippen LogP contribution in [-0.2, 0) is 15.0 Å². The van der Waals surface area contributed by atoms with Crippen LogP contribution < -0.4 is 9.64 Å². The Labute approximate surface area is 217 Å². The Balaban J connectivity index is 1.88. The smallest absolute Gasteiger partial charge is 0.300 e. The van der Waals surface area contributed by atoms with Crippen molar-refractivity contribution in [3.8, 4) is 11.8 Å². The number of carbonyl (C=O) groups is 2. The molecule has 1 unspecified atom stereocenters. The van der Waals surface area contributed by atoms with Gasteiger partial charge >= 0.3 is 0 Å². The van der Waals surface area contributed by atoms with Gasteiger partial charge in [-0.05, 0) is 59.4 Å². The van der Waals surface area contributed by atoms with Crippen molar-refractivity contribution in [2.75, 3.05) is 11.5 Å². The third kappa shape index (κ3) is 5.12. The summed E-state index contributed by atoms with van der Waals surface area (Å²) in [7, 11) is 0. The van der Waals surface area contributed by atoms with E-state index >= 15 is 0 Å². The molecule has 0 spiro atoms. The lowest BCUT2D eigenvalue weighted by Crippen LogP contribution is -2.29. The van der Waals surface area contributed by atoms with E-state index in [1.807, 2.05) is 31.2 Å². The molecule has 1 N–H and O–H groups in total. The van der Waals surface area contributed by atoms with E-state index in [1.54, 1.807) is 48.5 Å². The number of ketones is 1. The summed E-state index contributed by atoms with van der Waals surface area (Å²) in [5.74, 6) is -1.21. The van der Waals surface area contributed by atoms with Crippen molar-refractivity contribution >= 4 is 23.1 Å². The second kappa shape index (κ2) is 10.3. The maximum Gasteiger partial charge on any atom is 0.300 e. The van der Waals surface area contributed by atoms with E-state index < -0.39 is 17.7 Å². The normalized spacial score (nSPS) is 17.1. The molecule has 0 saturated carbocycles. The fourth-order valence-corrected chi connectivity index (χ4v) is 4.38. The van der Waals surface area contributed by atoms with Crippen molar-refractivity contribution in [3.63, 3.8) is 0 Å². The number of rotatable bonds is 6. The summed E-state index contributed by atoms with van der Waals surface area (Å²) in [5.41, 5.74) is 3.02. The molecule has 0 radical (unpaired) electrons. The highest BCUT2D eigenvalue weighted by Crippen LogP contribution is 2.42. The highest BCUT2D eigenvalue weighted by atomic mass is 16.5. The average molecular weight is 495 g/mol. The van der Waals surface area contributed by atoms with Crippen LogP contribution in [0.3, 0.4) is 0 Å². The van der Waals surface area contributed by atoms with Gasteiger partial charge in [0.2, 0.25) is 0 Å². The number of hydrogen-bond donors (Lipinski definition) is 1. The maximum absolute atomic E-state index is 13.4. The van der Waals surface area contributed by atoms with Crippen LogP contribution in [0.4, 0.5) is 5.69 Å². The molecule has 4 rings (SSSR count). The van der Waals surface area contributed by atoms with Gasteiger partial charge in [0, 0.05) is 11.3 Å². The molecule has 188 valence electrons. The first-order valence-electron chi connectivity index (χ1n) is 12.3. The number of anilines is 1. The number of aliphatic hydroxyl groups is 1. The third-order valence-corrected chi connectivity index (χ3v) is 6.39. The number of hydrogen-bond acceptors (Lipinski definition) is 5. The van der Waals surface area contributed by atoms with Crippen molar-refractivity contribution in [1.29, 1.82) is 5.26 Å². The first-order chi connectivity index (χ1) is 17.7. The Hall–Kier alpha value is -4.37. The number of ether oxygens (including phenoxy) is 1. The molecular weight excluding hydrogens is 464 g/mol. The molecule has 1 fully saturated rings. The molecule has 6 heteroatoms. The summed E-state index contributed by atoms with van der Waals surface area (Å²) < 4.78 is 5.70. The molecule has 1 amide bonds. The van der Waals surface area contributed by atoms with Crippen LogP contribution in [0.25, 0.3) is 5.76 Å². The summed E-state index contributed by atoms with van der Waals surface area (Å²) in [6.07, 6.45) is 0.830. The summed E-state index contributed by atoms with van der Waals surface area (Å²) in [6, 6.07) is 22.3. The van der Waals surface area contributed by atoms with Crippen LogP contribution in [0, 0.1) is 11.3 Å². The van der Waals surface area contributed by atoms with Gasteiger partial charge in [0.15, 0.2) is 0 Å². The number of carbonyl (C=O) groups excluding carboxylic acids is 2. The predicted molar refractivity (Wildman–Crippen MR) is 143 cm³/mol. The Morgan fingerprint density at radius 3 is 2.30 bits per heavy atom. The Kier molecular flexibility index (Phi) is 7.17. The van der Waals surface area contributed by atoms with E-state index in [0.29, 0.717) is 34.7 Å². The van der Waals surface area contributed by atoms with Crippen molar-refractivity contribution in [1.82, 2.24) is 0 Å². The molecule has 3 aromatic carbocycles. The monoisotopic (exact) mass is 494 g/mol. The summed E-state index contributed by atoms with van der Waals surface area (Å²) in [6.45, 7) is 8.85. The number of benzene rings is 3. The predicted octanol–water partition coefficient (Wildman–Crippen LogP) is 6.27. The number of Topliss-reactive ketones (excluding diaryl/α,β-unsaturated/α-hetero) is 1. The van der Waals surface area contributed by atoms with Gasteiger partial charge in [-0.25, -0.2) is 0 Å². The van der Waals surface area contributed by atoms with E-state index in [0.717, 1.165) is 12.0 Å². The standard InChI is InChI=1S/C31H30N2O4/c1-5-17-37-25-8-6-7-22(18-25)28(34)26-27(21-11-13-23(14-12-21)31(2,3)4)33(30(36)29(26)35)24-15-9-20(19-32)10-16-24/h6-16,18,27,34H,5,17H2,1-4H3/b28-26-. The lowest BCUT2D eigenvalue weighted by molar-refractivity contribution is -0.132. The molecule has 3 aromatic rings. The fourth-order valence-electron chi connectivity index (χ4n) is 4.38. The van der Waals surface area contributed by atoms with Gasteiger partial charge in [-0.2, -0.15) is 5.26 Å². The lowest BCUT2D eigenvalue weighted by atomic mass is 9.85. The van der Waals surface area contributed by atoms with Gasteiger partial charge in [-0.3, -0.25) is 14.5 Å². The number of aliphatic hydroxyl groups excluding tert-OH is 1. The topological polar surface area (TPSA) is 90.6 Å². The van der Waals surface area contributed by atoms with Gasteiger partial charge in [0.05, 0.1) is 29.9 Å². The number of amides is 1. The second-order valence-corrected chi connectivity index (χ2v) is 10.1. The maximum atomic E-state index is 13.4. The minimum absolute atomic E-state index is 0.00510. The first kappa shape index (κ1) is 25.7. The molecule has 37 heavy (non-hydrogen) atoms. The SMILES string of the molecule is CCCOc1cccc(/C(O)=C2/C(=O)C(=O)N(c3ccc(C#N)cc3)C2c2ccc(C(C)(C)C)cc2)c1. The van der Waals surface area contributed by atoms with Crippen LogP contribution in [0.1, 0.15) is 62.4 Å². The second-order valence-electron chi connectivity index (χ2n) is 10.1. The molecule has 1 atom stereocenters. The average Bonchev–Trinajstić information content (AvgIpc) is 3.17. The molecule has 0 aromatic heterocycles. The van der Waals surface area contributed by atoms with E-state index in [4.69, 9.17) is 4.74 Å². The van der Waals surface area contributed by atoms with Gasteiger partial charge in [0.1, 0.15) is 11.5 Å². The first-order valence-corrected chi connectivity index (χ1v) is 12.3. The molecular formula is C31H30N2O4. The molecule has 1 saturated heterocycles. The van der Waals surface area contributed by atoms with Gasteiger partial charge in [-0.1, -0.05) is 64.1 Å². The summed E-state index contributed by atoms with van der Waals surface area (Å²) in [5, 5.41) is 20.6. The van der Waals surface area contributed by atoms with Crippen LogP contribution in [-0.4, -0.2) is 23.4 Å². The minimum Gasteiger partial charge on any atom is -0.507 e. The minimum atomic E-state index is -0.845. The van der Waals surface area contributed by atoms with Crippen molar-refractivity contribution in [2.45, 2.75) is 45.6 Å². The Morgan fingerprint density at radius 1 is 1.03 bits per heavy atom. The third-order valence-electron chi connectivity index (χ3n) is 6.39. The quantitative estimate of drug-likeness (QED) is 0.248. The number of nitrogens with zero attached hydrogens (tertiary/aromatic N) is 2. The highest BCUT2D eigenvalue weighted by Gasteiger charge is 2.47. The molecule has 1 aliphatic rings. The van der Waals surface area contributed by atoms with Gasteiger partial charge in [-0.15, -0.1) is 0 Å². The number of nitriles is 1. The van der Waals surface area contributed by atoms with E-state index in [2.05, 4.69) is 26.8 Å². The van der Waals surface area contributed by atoms with E-state index in [9.17, 15) is 20.0 Å². The largest absolute Gasteiger partial charge is 0.507 e. The molecule has 0 bridgehead atoms. The molecule has 6 nitrogen and oxygen atoms in total. The zero-order chi connectivity index (χ0) is 26.7. The van der Waals surface area contributed by atoms with Gasteiger partial charge < -0.3 is 9.84 Å². The van der Waals surface area contributed by atoms with Crippen LogP contribution in [0.2, 0.25) is 0 Å². The van der Waals surface area contributed by atoms with Crippen molar-refractivity contribution < 1.29 is 19.4 Å². The lowest BCUT2D eigenvalue weighted by Gasteiger charge is -2.26. The highest BCUT2D eigenvalue weighted by molar-refractivity contribution is 6.51. The van der Waals surface area contributed by atoms with Crippen molar-refractivity contribution in [3.05, 3.63) is 101 Å². The Morgan fingerprint density at radius 2 is 1.70 bits per heavy atom. The van der Waals surface area contributed by atoms with E-state index in [-0.39, 0.29) is 16.7 Å². The van der Waals surface area contributed by atoms with Crippen LogP contribution in [0.5, 0.6) is 5.75 Å². The van der Waals surface area contributed by atoms with E-state index in [1.165, 1.54) is 4.90 Å². The fraction of sp³-hybridized carbons (Fsp3) is 0.258. The van der Waals surface area contributed by atoms with Crippen molar-refractivity contribution in [2.24, 2.45) is 0 Å².